The summed E-state index contributed by atoms with van der Waals surface area (Å²) in [5, 5.41) is 3.47. The fraction of sp³-hybridized carbons (Fsp3) is 0.842. The summed E-state index contributed by atoms with van der Waals surface area (Å²) in [4.78, 5) is 13.2. The molecule has 0 fully saturated rings. The lowest BCUT2D eigenvalue weighted by Crippen LogP contribution is -2.65. The average molecular weight is 436 g/mol. The Labute approximate surface area is 157 Å². The van der Waals surface area contributed by atoms with Gasteiger partial charge in [0.15, 0.2) is 5.78 Å². The van der Waals surface area contributed by atoms with Crippen molar-refractivity contribution < 1.29 is 4.79 Å². The van der Waals surface area contributed by atoms with Gasteiger partial charge in [-0.05, 0) is 39.0 Å². The van der Waals surface area contributed by atoms with E-state index in [1.54, 1.807) is 0 Å². The van der Waals surface area contributed by atoms with Gasteiger partial charge in [-0.3, -0.25) is 10.1 Å². The van der Waals surface area contributed by atoms with Crippen molar-refractivity contribution in [2.24, 2.45) is 16.6 Å². The highest BCUT2D eigenvalue weighted by Crippen LogP contribution is 2.43. The molecule has 0 aromatic rings. The second kappa shape index (κ2) is 7.96. The maximum absolute atomic E-state index is 13.2. The van der Waals surface area contributed by atoms with E-state index >= 15 is 0 Å². The van der Waals surface area contributed by atoms with Crippen LogP contribution in [0.3, 0.4) is 0 Å². The predicted molar refractivity (Wildman–Crippen MR) is 110 cm³/mol. The number of nitrogens with one attached hydrogen (secondary N) is 1. The highest BCUT2D eigenvalue weighted by molar-refractivity contribution is 14.1. The van der Waals surface area contributed by atoms with Crippen LogP contribution >= 0.6 is 22.6 Å². The van der Waals surface area contributed by atoms with Crippen molar-refractivity contribution in [3.8, 4) is 0 Å². The Kier molecular flexibility index (Phi) is 7.98. The summed E-state index contributed by atoms with van der Waals surface area (Å²) in [7, 11) is 0. The Morgan fingerprint density at radius 3 is 1.87 bits per heavy atom. The number of carbonyl (C=O) groups is 1. The normalized spacial score (nSPS) is 20.1. The highest BCUT2D eigenvalue weighted by atomic mass is 127. The zero-order valence-corrected chi connectivity index (χ0v) is 18.7. The van der Waals surface area contributed by atoms with Crippen molar-refractivity contribution in [3.63, 3.8) is 0 Å². The summed E-state index contributed by atoms with van der Waals surface area (Å²) in [6.45, 7) is 18.9. The molecule has 3 atom stereocenters. The second-order valence-electron chi connectivity index (χ2n) is 8.22. The number of halogens is 1. The molecule has 0 amide bonds. The van der Waals surface area contributed by atoms with E-state index in [1.807, 2.05) is 19.9 Å². The molecule has 0 radical (unpaired) electrons. The Morgan fingerprint density at radius 1 is 1.13 bits per heavy atom. The number of ketones is 1. The van der Waals surface area contributed by atoms with Gasteiger partial charge >= 0.3 is 0 Å². The lowest BCUT2D eigenvalue weighted by Gasteiger charge is -2.46. The van der Waals surface area contributed by atoms with Crippen LogP contribution in [0.25, 0.3) is 0 Å². The van der Waals surface area contributed by atoms with E-state index in [4.69, 9.17) is 5.73 Å². The molecule has 3 unspecified atom stereocenters. The third-order valence-corrected chi connectivity index (χ3v) is 6.63. The van der Waals surface area contributed by atoms with E-state index in [2.05, 4.69) is 82.4 Å². The van der Waals surface area contributed by atoms with Gasteiger partial charge in [0.05, 0.1) is 5.54 Å². The number of alkyl halides is 1. The van der Waals surface area contributed by atoms with Crippen LogP contribution in [-0.2, 0) is 4.79 Å². The fourth-order valence-corrected chi connectivity index (χ4v) is 3.82. The smallest absolute Gasteiger partial charge is 0.170 e. The summed E-state index contributed by atoms with van der Waals surface area (Å²) in [6, 6.07) is 0. The van der Waals surface area contributed by atoms with Gasteiger partial charge in [-0.1, -0.05) is 76.3 Å². The standard InChI is InChI=1S/C19H37IN2O/c1-10-13-19(12-3,17(7,8)20)22-15(21)14(23)18(9,11-2)16(4,5)6/h10,13,15,22H,11-12,21H2,1-9H3. The topological polar surface area (TPSA) is 55.1 Å². The van der Waals surface area contributed by atoms with E-state index < -0.39 is 11.6 Å². The third-order valence-electron chi connectivity index (χ3n) is 5.67. The minimum Gasteiger partial charge on any atom is -0.310 e. The summed E-state index contributed by atoms with van der Waals surface area (Å²) < 4.78 is -0.0751. The number of hydrogen-bond donors (Lipinski definition) is 2. The Bertz CT molecular complexity index is 434. The van der Waals surface area contributed by atoms with Gasteiger partial charge in [0.1, 0.15) is 6.17 Å². The van der Waals surface area contributed by atoms with Crippen molar-refractivity contribution in [3.05, 3.63) is 12.2 Å². The molecule has 0 aliphatic carbocycles. The minimum atomic E-state index is -0.677. The van der Waals surface area contributed by atoms with E-state index in [0.717, 1.165) is 12.8 Å². The van der Waals surface area contributed by atoms with Gasteiger partial charge in [-0.15, -0.1) is 0 Å². The molecule has 0 rings (SSSR count). The van der Waals surface area contributed by atoms with Gasteiger partial charge in [0, 0.05) is 8.84 Å². The quantitative estimate of drug-likeness (QED) is 0.248. The molecule has 0 aliphatic heterocycles. The lowest BCUT2D eigenvalue weighted by atomic mass is 9.63. The molecular formula is C19H37IN2O. The Balaban J connectivity index is 5.69. The third kappa shape index (κ3) is 4.79. The molecule has 136 valence electrons. The molecular weight excluding hydrogens is 399 g/mol. The molecule has 0 saturated carbocycles. The van der Waals surface area contributed by atoms with Crippen LogP contribution in [-0.4, -0.2) is 20.9 Å². The molecule has 0 aromatic carbocycles. The van der Waals surface area contributed by atoms with Gasteiger partial charge in [-0.25, -0.2) is 0 Å². The first-order chi connectivity index (χ1) is 10.2. The van der Waals surface area contributed by atoms with Crippen molar-refractivity contribution in [1.82, 2.24) is 5.32 Å². The van der Waals surface area contributed by atoms with E-state index in [-0.39, 0.29) is 20.2 Å². The zero-order valence-electron chi connectivity index (χ0n) is 16.5. The van der Waals surface area contributed by atoms with E-state index in [9.17, 15) is 4.79 Å². The fourth-order valence-electron chi connectivity index (χ4n) is 3.10. The molecule has 0 spiro atoms. The molecule has 0 aliphatic rings. The average Bonchev–Trinajstić information content (AvgIpc) is 2.42. The first-order valence-electron chi connectivity index (χ1n) is 8.62. The molecule has 23 heavy (non-hydrogen) atoms. The van der Waals surface area contributed by atoms with Crippen LogP contribution < -0.4 is 11.1 Å². The Morgan fingerprint density at radius 2 is 1.61 bits per heavy atom. The minimum absolute atomic E-state index is 0.0751. The maximum atomic E-state index is 13.2. The van der Waals surface area contributed by atoms with Gasteiger partial charge in [0.2, 0.25) is 0 Å². The number of carbonyl (C=O) groups excluding carboxylic acids is 1. The number of rotatable bonds is 8. The number of nitrogens with two attached hydrogens (primary N) is 1. The van der Waals surface area contributed by atoms with Crippen molar-refractivity contribution >= 4 is 28.4 Å². The first kappa shape index (κ1) is 23.1. The van der Waals surface area contributed by atoms with E-state index in [0.29, 0.717) is 0 Å². The first-order valence-corrected chi connectivity index (χ1v) is 9.70. The van der Waals surface area contributed by atoms with Crippen molar-refractivity contribution in [1.29, 1.82) is 0 Å². The molecule has 0 bridgehead atoms. The number of allylic oxidation sites excluding steroid dienone is 1. The van der Waals surface area contributed by atoms with E-state index in [1.165, 1.54) is 0 Å². The van der Waals surface area contributed by atoms with Gasteiger partial charge < -0.3 is 5.73 Å². The van der Waals surface area contributed by atoms with Crippen molar-refractivity contribution in [2.75, 3.05) is 0 Å². The molecule has 4 heteroatoms. The lowest BCUT2D eigenvalue weighted by molar-refractivity contribution is -0.136. The van der Waals surface area contributed by atoms with Crippen LogP contribution in [0.5, 0.6) is 0 Å². The number of hydrogen-bond acceptors (Lipinski definition) is 3. The summed E-state index contributed by atoms with van der Waals surface area (Å²) >= 11 is 2.44. The predicted octanol–water partition coefficient (Wildman–Crippen LogP) is 4.83. The number of Topliss-reactive ketones (excluding diaryl/α,β-unsaturated/α-hetero) is 1. The van der Waals surface area contributed by atoms with Crippen LogP contribution in [0.1, 0.15) is 75.2 Å². The van der Waals surface area contributed by atoms with Crippen LogP contribution in [0.15, 0.2) is 12.2 Å². The van der Waals surface area contributed by atoms with Crippen LogP contribution in [0, 0.1) is 10.8 Å². The SMILES string of the molecule is CC=CC(CC)(NC(N)C(=O)C(C)(CC)C(C)(C)C)C(C)(C)I. The van der Waals surface area contributed by atoms with Crippen molar-refractivity contribution in [2.45, 2.75) is 90.3 Å². The molecule has 0 saturated heterocycles. The summed E-state index contributed by atoms with van der Waals surface area (Å²) in [5.74, 6) is 0.0930. The molecule has 0 aromatic heterocycles. The zero-order chi connectivity index (χ0) is 18.7. The monoisotopic (exact) mass is 436 g/mol. The van der Waals surface area contributed by atoms with Gasteiger partial charge in [0.25, 0.3) is 0 Å². The van der Waals surface area contributed by atoms with Crippen LogP contribution in [0.4, 0.5) is 0 Å². The second-order valence-corrected chi connectivity index (χ2v) is 10.9. The molecule has 3 N–H and O–H groups in total. The summed E-state index contributed by atoms with van der Waals surface area (Å²) in [6.07, 6.45) is 5.15. The van der Waals surface area contributed by atoms with Gasteiger partial charge in [-0.2, -0.15) is 0 Å². The highest BCUT2D eigenvalue weighted by Gasteiger charge is 2.47. The largest absolute Gasteiger partial charge is 0.310 e. The van der Waals surface area contributed by atoms with Crippen LogP contribution in [0.2, 0.25) is 0 Å². The molecule has 0 heterocycles. The molecule has 3 nitrogen and oxygen atoms in total. The summed E-state index contributed by atoms with van der Waals surface area (Å²) in [5.41, 5.74) is 5.47. The maximum Gasteiger partial charge on any atom is 0.170 e. The Hall–Kier alpha value is 0.0600.